The largest absolute Gasteiger partial charge is 0.468 e. The Morgan fingerprint density at radius 1 is 1.08 bits per heavy atom. The molecule has 39 heavy (non-hydrogen) atoms. The first kappa shape index (κ1) is 25.5. The van der Waals surface area contributed by atoms with Crippen molar-refractivity contribution in [3.63, 3.8) is 0 Å². The normalized spacial score (nSPS) is 14.9. The van der Waals surface area contributed by atoms with Crippen molar-refractivity contribution in [2.24, 2.45) is 0 Å². The molecule has 1 fully saturated rings. The number of furan rings is 1. The molecule has 6 rings (SSSR count). The molecule has 0 saturated heterocycles. The highest BCUT2D eigenvalue weighted by Crippen LogP contribution is 2.35. The Morgan fingerprint density at radius 3 is 2.62 bits per heavy atom. The molecule has 1 unspecified atom stereocenters. The lowest BCUT2D eigenvalue weighted by molar-refractivity contribution is 0.176. The van der Waals surface area contributed by atoms with E-state index >= 15 is 0 Å². The third-order valence-electron chi connectivity index (χ3n) is 7.68. The number of fused-ring (bicyclic) bond motifs is 1. The molecule has 0 amide bonds. The van der Waals surface area contributed by atoms with Gasteiger partial charge in [0.05, 0.1) is 18.8 Å². The Morgan fingerprint density at radius 2 is 1.87 bits per heavy atom. The van der Waals surface area contributed by atoms with Crippen LogP contribution in [0.1, 0.15) is 73.0 Å². The molecule has 2 aromatic carbocycles. The number of H-pyrrole nitrogens is 1. The second-order valence-electron chi connectivity index (χ2n) is 10.3. The zero-order valence-corrected chi connectivity index (χ0v) is 22.6. The predicted molar refractivity (Wildman–Crippen MR) is 151 cm³/mol. The fraction of sp³-hybridized carbons (Fsp3) is 0.333. The van der Waals surface area contributed by atoms with Gasteiger partial charge in [0.25, 0.3) is 5.56 Å². The van der Waals surface area contributed by atoms with Crippen molar-refractivity contribution in [1.82, 2.24) is 30.1 Å². The Labute approximate surface area is 231 Å². The van der Waals surface area contributed by atoms with Gasteiger partial charge in [0, 0.05) is 22.6 Å². The zero-order chi connectivity index (χ0) is 26.8. The molecule has 5 aromatic rings. The van der Waals surface area contributed by atoms with Crippen LogP contribution in [0.3, 0.4) is 0 Å². The first-order chi connectivity index (χ1) is 19.1. The number of tetrazole rings is 1. The van der Waals surface area contributed by atoms with Gasteiger partial charge in [-0.15, -0.1) is 5.10 Å². The zero-order valence-electron chi connectivity index (χ0n) is 21.9. The molecule has 1 N–H and O–H groups in total. The SMILES string of the molecule is CCc1ccc2[nH]c(=O)c(C(c3nnnn3C3CCCC3)N(Cc3ccc(Cl)cc3)Cc3ccco3)cc2c1. The summed E-state index contributed by atoms with van der Waals surface area (Å²) in [6, 6.07) is 19.5. The van der Waals surface area contributed by atoms with Gasteiger partial charge in [-0.05, 0) is 88.7 Å². The van der Waals surface area contributed by atoms with Gasteiger partial charge in [-0.2, -0.15) is 0 Å². The fourth-order valence-electron chi connectivity index (χ4n) is 5.65. The number of aryl methyl sites for hydroxylation is 1. The van der Waals surface area contributed by atoms with Crippen LogP contribution in [0.15, 0.2) is 76.1 Å². The molecule has 1 saturated carbocycles. The van der Waals surface area contributed by atoms with Crippen LogP contribution in [0, 0.1) is 0 Å². The van der Waals surface area contributed by atoms with Gasteiger partial charge >= 0.3 is 0 Å². The van der Waals surface area contributed by atoms with Crippen LogP contribution in [0.2, 0.25) is 5.02 Å². The minimum atomic E-state index is -0.514. The average Bonchev–Trinajstić information content (AvgIpc) is 3.73. The van der Waals surface area contributed by atoms with Gasteiger partial charge in [0.2, 0.25) is 0 Å². The summed E-state index contributed by atoms with van der Waals surface area (Å²) in [5.74, 6) is 1.46. The molecule has 9 heteroatoms. The van der Waals surface area contributed by atoms with Crippen LogP contribution in [0.4, 0.5) is 0 Å². The lowest BCUT2D eigenvalue weighted by Gasteiger charge is -2.31. The number of hydrogen-bond donors (Lipinski definition) is 1. The highest BCUT2D eigenvalue weighted by atomic mass is 35.5. The Balaban J connectivity index is 1.53. The molecule has 3 heterocycles. The summed E-state index contributed by atoms with van der Waals surface area (Å²) >= 11 is 6.19. The summed E-state index contributed by atoms with van der Waals surface area (Å²) in [5.41, 5.74) is 3.52. The van der Waals surface area contributed by atoms with Crippen molar-refractivity contribution in [2.45, 2.75) is 64.2 Å². The van der Waals surface area contributed by atoms with Gasteiger partial charge in [0.1, 0.15) is 11.8 Å². The van der Waals surface area contributed by atoms with E-state index in [0.717, 1.165) is 54.3 Å². The first-order valence-corrected chi connectivity index (χ1v) is 13.9. The van der Waals surface area contributed by atoms with E-state index in [1.807, 2.05) is 53.2 Å². The monoisotopic (exact) mass is 542 g/mol. The number of nitrogens with one attached hydrogen (secondary N) is 1. The van der Waals surface area contributed by atoms with E-state index in [9.17, 15) is 4.79 Å². The van der Waals surface area contributed by atoms with Crippen LogP contribution in [0.25, 0.3) is 10.9 Å². The molecule has 0 radical (unpaired) electrons. The van der Waals surface area contributed by atoms with Gasteiger partial charge in [0.15, 0.2) is 5.82 Å². The third kappa shape index (κ3) is 5.40. The van der Waals surface area contributed by atoms with E-state index in [1.165, 1.54) is 5.56 Å². The molecular formula is C30H31ClN6O2. The lowest BCUT2D eigenvalue weighted by atomic mass is 10.0. The highest BCUT2D eigenvalue weighted by molar-refractivity contribution is 6.30. The van der Waals surface area contributed by atoms with Gasteiger partial charge in [-0.25, -0.2) is 4.68 Å². The second-order valence-corrected chi connectivity index (χ2v) is 10.7. The summed E-state index contributed by atoms with van der Waals surface area (Å²) < 4.78 is 7.72. The van der Waals surface area contributed by atoms with E-state index in [0.29, 0.717) is 29.5 Å². The smallest absolute Gasteiger partial charge is 0.253 e. The molecule has 3 aromatic heterocycles. The van der Waals surface area contributed by atoms with Crippen molar-refractivity contribution in [3.8, 4) is 0 Å². The summed E-state index contributed by atoms with van der Waals surface area (Å²) in [5, 5.41) is 14.8. The summed E-state index contributed by atoms with van der Waals surface area (Å²) in [6.45, 7) is 3.13. The van der Waals surface area contributed by atoms with E-state index in [4.69, 9.17) is 16.0 Å². The molecule has 200 valence electrons. The van der Waals surface area contributed by atoms with Crippen molar-refractivity contribution >= 4 is 22.5 Å². The minimum Gasteiger partial charge on any atom is -0.468 e. The lowest BCUT2D eigenvalue weighted by Crippen LogP contribution is -2.35. The predicted octanol–water partition coefficient (Wildman–Crippen LogP) is 6.23. The van der Waals surface area contributed by atoms with Crippen molar-refractivity contribution in [2.75, 3.05) is 0 Å². The average molecular weight is 543 g/mol. The highest BCUT2D eigenvalue weighted by Gasteiger charge is 2.34. The second kappa shape index (κ2) is 11.2. The van der Waals surface area contributed by atoms with E-state index in [2.05, 4.69) is 44.5 Å². The standard InChI is InChI=1S/C30H31ClN6O2/c1-2-20-11-14-27-22(16-20)17-26(30(38)32-27)28(29-33-34-35-37(29)24-6-3-4-7-24)36(19-25-8-5-15-39-25)18-21-9-12-23(31)13-10-21/h5,8-17,24,28H,2-4,6-7,18-19H2,1H3,(H,32,38). The minimum absolute atomic E-state index is 0.154. The number of nitrogens with zero attached hydrogens (tertiary/aromatic N) is 5. The maximum atomic E-state index is 13.8. The number of pyridine rings is 1. The Kier molecular flexibility index (Phi) is 7.30. The van der Waals surface area contributed by atoms with Gasteiger partial charge in [-0.3, -0.25) is 9.69 Å². The maximum Gasteiger partial charge on any atom is 0.253 e. The van der Waals surface area contributed by atoms with E-state index in [1.54, 1.807) is 6.26 Å². The Hall–Kier alpha value is -3.75. The molecule has 0 spiro atoms. The van der Waals surface area contributed by atoms with E-state index in [-0.39, 0.29) is 11.6 Å². The molecular weight excluding hydrogens is 512 g/mol. The quantitative estimate of drug-likeness (QED) is 0.237. The van der Waals surface area contributed by atoms with Crippen LogP contribution >= 0.6 is 11.6 Å². The van der Waals surface area contributed by atoms with Gasteiger partial charge < -0.3 is 9.40 Å². The summed E-state index contributed by atoms with van der Waals surface area (Å²) in [7, 11) is 0. The molecule has 1 aliphatic carbocycles. The number of aromatic nitrogens is 5. The summed E-state index contributed by atoms with van der Waals surface area (Å²) in [4.78, 5) is 19.1. The number of benzene rings is 2. The van der Waals surface area contributed by atoms with Crippen LogP contribution in [0.5, 0.6) is 0 Å². The maximum absolute atomic E-state index is 13.8. The molecule has 1 aliphatic rings. The van der Waals surface area contributed by atoms with Gasteiger partial charge in [-0.1, -0.05) is 49.6 Å². The number of hydrogen-bond acceptors (Lipinski definition) is 6. The van der Waals surface area contributed by atoms with Crippen molar-refractivity contribution in [3.05, 3.63) is 111 Å². The van der Waals surface area contributed by atoms with E-state index < -0.39 is 6.04 Å². The van der Waals surface area contributed by atoms with Crippen molar-refractivity contribution in [1.29, 1.82) is 0 Å². The summed E-state index contributed by atoms with van der Waals surface area (Å²) in [6.07, 6.45) is 6.91. The first-order valence-electron chi connectivity index (χ1n) is 13.5. The van der Waals surface area contributed by atoms with Crippen LogP contribution in [-0.2, 0) is 19.5 Å². The van der Waals surface area contributed by atoms with Crippen molar-refractivity contribution < 1.29 is 4.42 Å². The molecule has 8 nitrogen and oxygen atoms in total. The molecule has 1 atom stereocenters. The van der Waals surface area contributed by atoms with Crippen LogP contribution in [-0.4, -0.2) is 30.1 Å². The van der Waals surface area contributed by atoms with Crippen LogP contribution < -0.4 is 5.56 Å². The fourth-order valence-corrected chi connectivity index (χ4v) is 5.78. The number of halogens is 1. The molecule has 0 aliphatic heterocycles. The number of aromatic amines is 1. The number of rotatable bonds is 9. The Bertz CT molecular complexity index is 1600. The third-order valence-corrected chi connectivity index (χ3v) is 7.93. The topological polar surface area (TPSA) is 92.8 Å². The molecule has 0 bridgehead atoms.